The molecule has 0 unspecified atom stereocenters. The largest absolute Gasteiger partial charge is 0.399 e. The molecule has 0 bridgehead atoms. The second-order valence-electron chi connectivity index (χ2n) is 4.78. The van der Waals surface area contributed by atoms with Gasteiger partial charge in [0.2, 0.25) is 0 Å². The molecule has 2 rings (SSSR count). The molecule has 0 saturated carbocycles. The molecular formula is C14H22N4O2. The summed E-state index contributed by atoms with van der Waals surface area (Å²) in [5.74, 6) is 5.95. The second kappa shape index (κ2) is 7.25. The minimum Gasteiger partial charge on any atom is -0.399 e. The SMILES string of the molecule is CNCc1ccc(N(N)/C=C(\N)COC2COC2)cc1. The van der Waals surface area contributed by atoms with Gasteiger partial charge in [-0.15, -0.1) is 0 Å². The summed E-state index contributed by atoms with van der Waals surface area (Å²) in [7, 11) is 1.92. The van der Waals surface area contributed by atoms with E-state index >= 15 is 0 Å². The number of nitrogens with two attached hydrogens (primary N) is 2. The number of rotatable bonds is 7. The van der Waals surface area contributed by atoms with Crippen LogP contribution in [0.2, 0.25) is 0 Å². The second-order valence-corrected chi connectivity index (χ2v) is 4.78. The van der Waals surface area contributed by atoms with E-state index in [9.17, 15) is 0 Å². The van der Waals surface area contributed by atoms with Crippen molar-refractivity contribution < 1.29 is 9.47 Å². The van der Waals surface area contributed by atoms with Crippen molar-refractivity contribution in [3.63, 3.8) is 0 Å². The predicted octanol–water partition coefficient (Wildman–Crippen LogP) is 0.302. The number of hydrogen-bond acceptors (Lipinski definition) is 6. The number of ether oxygens (including phenoxy) is 2. The Morgan fingerprint density at radius 1 is 1.45 bits per heavy atom. The third-order valence-corrected chi connectivity index (χ3v) is 3.01. The molecule has 0 spiro atoms. The number of hydrazine groups is 1. The van der Waals surface area contributed by atoms with Gasteiger partial charge in [-0.3, -0.25) is 5.01 Å². The van der Waals surface area contributed by atoms with Gasteiger partial charge >= 0.3 is 0 Å². The number of nitrogens with zero attached hydrogens (tertiary/aromatic N) is 1. The molecule has 0 atom stereocenters. The van der Waals surface area contributed by atoms with E-state index in [1.54, 1.807) is 6.20 Å². The normalized spacial score (nSPS) is 16.0. The van der Waals surface area contributed by atoms with Gasteiger partial charge in [0, 0.05) is 12.7 Å². The number of hydrogen-bond donors (Lipinski definition) is 3. The predicted molar refractivity (Wildman–Crippen MR) is 78.7 cm³/mol. The van der Waals surface area contributed by atoms with Crippen molar-refractivity contribution in [3.05, 3.63) is 41.7 Å². The van der Waals surface area contributed by atoms with Gasteiger partial charge in [0.1, 0.15) is 6.10 Å². The lowest BCUT2D eigenvalue weighted by Crippen LogP contribution is -2.37. The van der Waals surface area contributed by atoms with Gasteiger partial charge in [-0.1, -0.05) is 12.1 Å². The molecule has 1 aliphatic heterocycles. The summed E-state index contributed by atoms with van der Waals surface area (Å²) in [4.78, 5) is 0. The van der Waals surface area contributed by atoms with Crippen LogP contribution in [0.5, 0.6) is 0 Å². The smallest absolute Gasteiger partial charge is 0.105 e. The summed E-state index contributed by atoms with van der Waals surface area (Å²) in [6.45, 7) is 2.48. The van der Waals surface area contributed by atoms with E-state index in [2.05, 4.69) is 5.32 Å². The van der Waals surface area contributed by atoms with Crippen molar-refractivity contribution >= 4 is 5.69 Å². The molecule has 5 N–H and O–H groups in total. The van der Waals surface area contributed by atoms with Gasteiger partial charge in [-0.2, -0.15) is 0 Å². The molecule has 20 heavy (non-hydrogen) atoms. The molecule has 1 saturated heterocycles. The highest BCUT2D eigenvalue weighted by atomic mass is 16.6. The average molecular weight is 278 g/mol. The lowest BCUT2D eigenvalue weighted by molar-refractivity contribution is -0.124. The monoisotopic (exact) mass is 278 g/mol. The minimum absolute atomic E-state index is 0.161. The van der Waals surface area contributed by atoms with Crippen LogP contribution in [0.15, 0.2) is 36.2 Å². The first-order chi connectivity index (χ1) is 9.69. The third-order valence-electron chi connectivity index (χ3n) is 3.01. The Morgan fingerprint density at radius 3 is 2.70 bits per heavy atom. The molecule has 1 aromatic rings. The van der Waals surface area contributed by atoms with Gasteiger partial charge < -0.3 is 20.5 Å². The molecule has 1 fully saturated rings. The van der Waals surface area contributed by atoms with Gasteiger partial charge in [-0.25, -0.2) is 5.84 Å². The molecular weight excluding hydrogens is 256 g/mol. The van der Waals surface area contributed by atoms with E-state index < -0.39 is 0 Å². The molecule has 1 aromatic carbocycles. The fourth-order valence-corrected chi connectivity index (χ4v) is 1.80. The summed E-state index contributed by atoms with van der Waals surface area (Å²) < 4.78 is 10.5. The standard InChI is InChI=1S/C14H22N4O2/c1-17-6-11-2-4-13(5-3-11)18(16)7-12(15)8-20-14-9-19-10-14/h2-5,7,14,17H,6,8-10,15-16H2,1H3/b12-7-. The van der Waals surface area contributed by atoms with Crippen LogP contribution in [0.25, 0.3) is 0 Å². The van der Waals surface area contributed by atoms with Crippen molar-refractivity contribution in [2.45, 2.75) is 12.6 Å². The summed E-state index contributed by atoms with van der Waals surface area (Å²) in [6, 6.07) is 7.96. The highest BCUT2D eigenvalue weighted by molar-refractivity contribution is 5.48. The maximum absolute atomic E-state index is 5.95. The first-order valence-electron chi connectivity index (χ1n) is 6.62. The fourth-order valence-electron chi connectivity index (χ4n) is 1.80. The summed E-state index contributed by atoms with van der Waals surface area (Å²) >= 11 is 0. The van der Waals surface area contributed by atoms with Gasteiger partial charge in [0.05, 0.1) is 31.2 Å². The Morgan fingerprint density at radius 2 is 2.15 bits per heavy atom. The lowest BCUT2D eigenvalue weighted by atomic mass is 10.2. The number of anilines is 1. The molecule has 1 aliphatic rings. The van der Waals surface area contributed by atoms with E-state index in [0.29, 0.717) is 25.5 Å². The van der Waals surface area contributed by atoms with Gasteiger partial charge in [0.25, 0.3) is 0 Å². The maximum Gasteiger partial charge on any atom is 0.105 e. The van der Waals surface area contributed by atoms with Gasteiger partial charge in [0.15, 0.2) is 0 Å². The quantitative estimate of drug-likeness (QED) is 0.491. The van der Waals surface area contributed by atoms with Crippen LogP contribution in [-0.2, 0) is 16.0 Å². The molecule has 0 aliphatic carbocycles. The van der Waals surface area contributed by atoms with Crippen LogP contribution in [0.1, 0.15) is 5.56 Å². The molecule has 6 heteroatoms. The van der Waals surface area contributed by atoms with Crippen LogP contribution < -0.4 is 21.9 Å². The zero-order valence-electron chi connectivity index (χ0n) is 11.7. The van der Waals surface area contributed by atoms with E-state index in [0.717, 1.165) is 12.2 Å². The Labute approximate surface area is 119 Å². The van der Waals surface area contributed by atoms with Crippen molar-refractivity contribution in [2.75, 3.05) is 31.9 Å². The maximum atomic E-state index is 5.95. The van der Waals surface area contributed by atoms with Crippen molar-refractivity contribution in [1.29, 1.82) is 0 Å². The zero-order chi connectivity index (χ0) is 14.4. The Kier molecular flexibility index (Phi) is 5.37. The summed E-state index contributed by atoms with van der Waals surface area (Å²) in [5.41, 5.74) is 8.54. The van der Waals surface area contributed by atoms with Crippen LogP contribution in [0.4, 0.5) is 5.69 Å². The van der Waals surface area contributed by atoms with Crippen LogP contribution in [-0.4, -0.2) is 33.0 Å². The van der Waals surface area contributed by atoms with Crippen molar-refractivity contribution in [1.82, 2.24) is 5.32 Å². The Hall–Kier alpha value is -1.60. The van der Waals surface area contributed by atoms with Crippen molar-refractivity contribution in [3.8, 4) is 0 Å². The van der Waals surface area contributed by atoms with Crippen LogP contribution >= 0.6 is 0 Å². The van der Waals surface area contributed by atoms with E-state index in [4.69, 9.17) is 21.1 Å². The zero-order valence-corrected chi connectivity index (χ0v) is 11.7. The average Bonchev–Trinajstić information content (AvgIpc) is 2.38. The van der Waals surface area contributed by atoms with Crippen LogP contribution in [0, 0.1) is 0 Å². The third kappa shape index (κ3) is 4.21. The molecule has 6 nitrogen and oxygen atoms in total. The fraction of sp³-hybridized carbons (Fsp3) is 0.429. The Balaban J connectivity index is 1.86. The van der Waals surface area contributed by atoms with Crippen LogP contribution in [0.3, 0.4) is 0 Å². The molecule has 0 amide bonds. The lowest BCUT2D eigenvalue weighted by Gasteiger charge is -2.26. The molecule has 0 aromatic heterocycles. The molecule has 110 valence electrons. The number of benzene rings is 1. The Bertz CT molecular complexity index is 443. The van der Waals surface area contributed by atoms with Crippen molar-refractivity contribution in [2.24, 2.45) is 11.6 Å². The highest BCUT2D eigenvalue weighted by Crippen LogP contribution is 2.13. The first-order valence-corrected chi connectivity index (χ1v) is 6.62. The van der Waals surface area contributed by atoms with E-state index in [1.807, 2.05) is 31.3 Å². The van der Waals surface area contributed by atoms with E-state index in [-0.39, 0.29) is 6.10 Å². The van der Waals surface area contributed by atoms with Gasteiger partial charge in [-0.05, 0) is 24.7 Å². The molecule has 1 heterocycles. The highest BCUT2D eigenvalue weighted by Gasteiger charge is 2.18. The number of nitrogens with one attached hydrogen (secondary N) is 1. The molecule has 0 radical (unpaired) electrons. The minimum atomic E-state index is 0.161. The topological polar surface area (TPSA) is 85.8 Å². The summed E-state index contributed by atoms with van der Waals surface area (Å²) in [5, 5.41) is 4.60. The summed E-state index contributed by atoms with van der Waals surface area (Å²) in [6.07, 6.45) is 1.83. The first kappa shape index (κ1) is 14.8. The van der Waals surface area contributed by atoms with E-state index in [1.165, 1.54) is 10.6 Å².